The molecule has 4 heteroatoms. The molecule has 2 atom stereocenters. The molecule has 0 aromatic heterocycles. The van der Waals surface area contributed by atoms with Crippen molar-refractivity contribution in [3.8, 4) is 0 Å². The second kappa shape index (κ2) is 4.87. The van der Waals surface area contributed by atoms with Gasteiger partial charge in [0.05, 0.1) is 12.1 Å². The summed E-state index contributed by atoms with van der Waals surface area (Å²) in [5, 5.41) is 5.36. The summed E-state index contributed by atoms with van der Waals surface area (Å²) >= 11 is 0. The maximum Gasteiger partial charge on any atom is 0.237 e. The van der Waals surface area contributed by atoms with Crippen LogP contribution in [0, 0.1) is 0 Å². The molecule has 0 radical (unpaired) electrons. The molecule has 0 bridgehead atoms. The van der Waals surface area contributed by atoms with Crippen LogP contribution in [0.5, 0.6) is 0 Å². The summed E-state index contributed by atoms with van der Waals surface area (Å²) in [5.74, 6) is -0.188. The predicted octanol–water partition coefficient (Wildman–Crippen LogP) is -0.312. The van der Waals surface area contributed by atoms with Gasteiger partial charge in [-0.3, -0.25) is 9.59 Å². The van der Waals surface area contributed by atoms with E-state index in [1.807, 2.05) is 0 Å². The summed E-state index contributed by atoms with van der Waals surface area (Å²) in [6, 6.07) is -0.653. The molecule has 0 unspecified atom stereocenters. The molecular weight excluding hydrogens is 156 g/mol. The van der Waals surface area contributed by atoms with Gasteiger partial charge >= 0.3 is 0 Å². The molecule has 4 nitrogen and oxygen atoms in total. The average molecular weight is 172 g/mol. The van der Waals surface area contributed by atoms with E-state index in [0.717, 1.165) is 0 Å². The summed E-state index contributed by atoms with van der Waals surface area (Å²) in [6.45, 7) is 4.86. The Morgan fingerprint density at radius 3 is 2.00 bits per heavy atom. The van der Waals surface area contributed by atoms with Crippen molar-refractivity contribution in [2.75, 3.05) is 7.05 Å². The van der Waals surface area contributed by atoms with Gasteiger partial charge in [-0.05, 0) is 27.8 Å². The quantitative estimate of drug-likeness (QED) is 0.611. The van der Waals surface area contributed by atoms with Crippen molar-refractivity contribution in [1.29, 1.82) is 0 Å². The van der Waals surface area contributed by atoms with Crippen LogP contribution in [0.15, 0.2) is 0 Å². The van der Waals surface area contributed by atoms with Crippen molar-refractivity contribution in [2.24, 2.45) is 0 Å². The molecule has 70 valence electrons. The van der Waals surface area contributed by atoms with Crippen LogP contribution in [-0.4, -0.2) is 30.8 Å². The first kappa shape index (κ1) is 11.1. The van der Waals surface area contributed by atoms with E-state index >= 15 is 0 Å². The lowest BCUT2D eigenvalue weighted by Crippen LogP contribution is -2.46. The van der Waals surface area contributed by atoms with Crippen molar-refractivity contribution in [2.45, 2.75) is 32.9 Å². The molecular formula is C8H16N2O2. The number of likely N-dealkylation sites (N-methyl/N-ethyl adjacent to an activating group) is 1. The first-order valence-corrected chi connectivity index (χ1v) is 3.97. The fraction of sp³-hybridized carbons (Fsp3) is 0.750. The maximum atomic E-state index is 11.2. The first-order chi connectivity index (χ1) is 5.49. The maximum absolute atomic E-state index is 11.2. The predicted molar refractivity (Wildman–Crippen MR) is 46.8 cm³/mol. The Morgan fingerprint density at radius 1 is 1.17 bits per heavy atom. The summed E-state index contributed by atoms with van der Waals surface area (Å²) in [4.78, 5) is 21.9. The van der Waals surface area contributed by atoms with E-state index in [-0.39, 0.29) is 17.7 Å². The first-order valence-electron chi connectivity index (χ1n) is 3.97. The lowest BCUT2D eigenvalue weighted by Gasteiger charge is -2.14. The topological polar surface area (TPSA) is 58.2 Å². The third-order valence-electron chi connectivity index (χ3n) is 1.79. The van der Waals surface area contributed by atoms with Crippen molar-refractivity contribution in [3.63, 3.8) is 0 Å². The van der Waals surface area contributed by atoms with Gasteiger partial charge < -0.3 is 10.6 Å². The highest BCUT2D eigenvalue weighted by Gasteiger charge is 2.14. The van der Waals surface area contributed by atoms with Crippen LogP contribution in [0.25, 0.3) is 0 Å². The molecule has 0 aliphatic rings. The summed E-state index contributed by atoms with van der Waals surface area (Å²) in [7, 11) is 1.70. The van der Waals surface area contributed by atoms with E-state index in [4.69, 9.17) is 0 Å². The fourth-order valence-corrected chi connectivity index (χ4v) is 0.571. The fourth-order valence-electron chi connectivity index (χ4n) is 0.571. The van der Waals surface area contributed by atoms with Gasteiger partial charge in [-0.15, -0.1) is 0 Å². The lowest BCUT2D eigenvalue weighted by molar-refractivity contribution is -0.127. The minimum absolute atomic E-state index is 0.0355. The molecule has 0 aromatic rings. The van der Waals surface area contributed by atoms with Crippen LogP contribution >= 0.6 is 0 Å². The van der Waals surface area contributed by atoms with Gasteiger partial charge in [-0.25, -0.2) is 0 Å². The number of rotatable bonds is 4. The molecule has 1 amide bonds. The SMILES string of the molecule is CN[C@@H](C)C(=O)N[C@@H](C)C(C)=O. The highest BCUT2D eigenvalue weighted by molar-refractivity contribution is 5.89. The van der Waals surface area contributed by atoms with Gasteiger partial charge in [0.1, 0.15) is 0 Å². The van der Waals surface area contributed by atoms with Crippen molar-refractivity contribution < 1.29 is 9.59 Å². The second-order valence-electron chi connectivity index (χ2n) is 2.85. The smallest absolute Gasteiger partial charge is 0.237 e. The van der Waals surface area contributed by atoms with Crippen LogP contribution in [0.2, 0.25) is 0 Å². The zero-order chi connectivity index (χ0) is 9.72. The zero-order valence-electron chi connectivity index (χ0n) is 7.97. The monoisotopic (exact) mass is 172 g/mol. The number of nitrogens with one attached hydrogen (secondary N) is 2. The van der Waals surface area contributed by atoms with Gasteiger partial charge in [0.2, 0.25) is 5.91 Å². The molecule has 0 saturated heterocycles. The minimum Gasteiger partial charge on any atom is -0.345 e. The molecule has 0 aliphatic heterocycles. The number of hydrogen-bond acceptors (Lipinski definition) is 3. The zero-order valence-corrected chi connectivity index (χ0v) is 7.97. The molecule has 0 rings (SSSR count). The van der Waals surface area contributed by atoms with E-state index < -0.39 is 6.04 Å². The number of carbonyl (C=O) groups is 2. The Hall–Kier alpha value is -0.900. The third-order valence-corrected chi connectivity index (χ3v) is 1.79. The standard InChI is InChI=1S/C8H16N2O2/c1-5(7(3)11)10-8(12)6(2)9-4/h5-6,9H,1-4H3,(H,10,12)/t5-,6-/m0/s1. The van der Waals surface area contributed by atoms with Crippen LogP contribution < -0.4 is 10.6 Å². The molecule has 12 heavy (non-hydrogen) atoms. The Morgan fingerprint density at radius 2 is 1.67 bits per heavy atom. The normalized spacial score (nSPS) is 15.0. The highest BCUT2D eigenvalue weighted by Crippen LogP contribution is 1.86. The molecule has 0 spiro atoms. The van der Waals surface area contributed by atoms with Crippen molar-refractivity contribution in [3.05, 3.63) is 0 Å². The molecule has 0 aromatic carbocycles. The molecule has 0 saturated carbocycles. The average Bonchev–Trinajstić information content (AvgIpc) is 2.02. The largest absolute Gasteiger partial charge is 0.345 e. The minimum atomic E-state index is -0.395. The number of amides is 1. The number of Topliss-reactive ketones (excluding diaryl/α,β-unsaturated/α-hetero) is 1. The Balaban J connectivity index is 3.92. The molecule has 0 heterocycles. The van der Waals surface area contributed by atoms with Gasteiger partial charge in [0, 0.05) is 0 Å². The Kier molecular flexibility index (Phi) is 4.51. The van der Waals surface area contributed by atoms with Crippen LogP contribution in [-0.2, 0) is 9.59 Å². The number of carbonyl (C=O) groups excluding carboxylic acids is 2. The second-order valence-corrected chi connectivity index (χ2v) is 2.85. The third kappa shape index (κ3) is 3.48. The summed E-state index contributed by atoms with van der Waals surface area (Å²) in [5.41, 5.74) is 0. The number of hydrogen-bond donors (Lipinski definition) is 2. The Labute approximate surface area is 72.7 Å². The summed E-state index contributed by atoms with van der Waals surface area (Å²) in [6.07, 6.45) is 0. The van der Waals surface area contributed by atoms with Gasteiger partial charge in [0.15, 0.2) is 5.78 Å². The summed E-state index contributed by atoms with van der Waals surface area (Å²) < 4.78 is 0. The molecule has 0 fully saturated rings. The number of ketones is 1. The van der Waals surface area contributed by atoms with Crippen LogP contribution in [0.3, 0.4) is 0 Å². The van der Waals surface area contributed by atoms with Crippen LogP contribution in [0.1, 0.15) is 20.8 Å². The van der Waals surface area contributed by atoms with E-state index in [0.29, 0.717) is 0 Å². The van der Waals surface area contributed by atoms with E-state index in [1.54, 1.807) is 20.9 Å². The molecule has 2 N–H and O–H groups in total. The Bertz CT molecular complexity index is 180. The van der Waals surface area contributed by atoms with E-state index in [1.165, 1.54) is 6.92 Å². The van der Waals surface area contributed by atoms with Crippen molar-refractivity contribution in [1.82, 2.24) is 10.6 Å². The van der Waals surface area contributed by atoms with Crippen molar-refractivity contribution >= 4 is 11.7 Å². The van der Waals surface area contributed by atoms with E-state index in [2.05, 4.69) is 10.6 Å². The van der Waals surface area contributed by atoms with Gasteiger partial charge in [-0.2, -0.15) is 0 Å². The lowest BCUT2D eigenvalue weighted by atomic mass is 10.2. The van der Waals surface area contributed by atoms with Gasteiger partial charge in [0.25, 0.3) is 0 Å². The van der Waals surface area contributed by atoms with Gasteiger partial charge in [-0.1, -0.05) is 0 Å². The highest BCUT2D eigenvalue weighted by atomic mass is 16.2. The van der Waals surface area contributed by atoms with E-state index in [9.17, 15) is 9.59 Å². The molecule has 0 aliphatic carbocycles. The van der Waals surface area contributed by atoms with Crippen LogP contribution in [0.4, 0.5) is 0 Å².